The van der Waals surface area contributed by atoms with Crippen LogP contribution < -0.4 is 5.32 Å². The fourth-order valence-electron chi connectivity index (χ4n) is 0.344. The van der Waals surface area contributed by atoms with Crippen LogP contribution in [0.25, 0.3) is 0 Å². The molecule has 0 aliphatic rings. The third-order valence-corrected chi connectivity index (χ3v) is 0.781. The molecule has 1 heterocycles. The molecule has 11 heavy (non-hydrogen) atoms. The number of hydrogen-bond acceptors (Lipinski definition) is 3. The lowest BCUT2D eigenvalue weighted by molar-refractivity contribution is -0.109. The molecule has 0 saturated heterocycles. The van der Waals surface area contributed by atoms with Gasteiger partial charge in [-0.25, -0.2) is 0 Å². The SMILES string of the molecule is CNC=O.Oc1ccncc1. The fraction of sp³-hybridized carbons (Fsp3) is 0.143. The van der Waals surface area contributed by atoms with E-state index in [1.807, 2.05) is 0 Å². The smallest absolute Gasteiger partial charge is 0.206 e. The molecule has 1 amide bonds. The van der Waals surface area contributed by atoms with E-state index in [4.69, 9.17) is 9.90 Å². The van der Waals surface area contributed by atoms with Crippen molar-refractivity contribution in [2.75, 3.05) is 7.05 Å². The van der Waals surface area contributed by atoms with Gasteiger partial charge in [0.25, 0.3) is 0 Å². The predicted molar refractivity (Wildman–Crippen MR) is 41.0 cm³/mol. The lowest BCUT2D eigenvalue weighted by Crippen LogP contribution is -1.98. The zero-order valence-electron chi connectivity index (χ0n) is 6.19. The van der Waals surface area contributed by atoms with Gasteiger partial charge in [-0.05, 0) is 12.1 Å². The molecule has 0 saturated carbocycles. The van der Waals surface area contributed by atoms with Crippen LogP contribution in [0.5, 0.6) is 5.75 Å². The second kappa shape index (κ2) is 6.54. The van der Waals surface area contributed by atoms with Gasteiger partial charge in [-0.15, -0.1) is 0 Å². The van der Waals surface area contributed by atoms with Crippen LogP contribution in [0.3, 0.4) is 0 Å². The Morgan fingerprint density at radius 3 is 2.18 bits per heavy atom. The molecule has 1 rings (SSSR count). The molecule has 0 fully saturated rings. The van der Waals surface area contributed by atoms with E-state index in [0.717, 1.165) is 0 Å². The molecule has 0 aliphatic carbocycles. The van der Waals surface area contributed by atoms with Crippen LogP contribution in [0.1, 0.15) is 0 Å². The highest BCUT2D eigenvalue weighted by Gasteiger charge is 1.75. The van der Waals surface area contributed by atoms with E-state index in [9.17, 15) is 0 Å². The maximum absolute atomic E-state index is 9.06. The van der Waals surface area contributed by atoms with Crippen molar-refractivity contribution in [2.24, 2.45) is 0 Å². The second-order valence-electron chi connectivity index (χ2n) is 1.61. The lowest BCUT2D eigenvalue weighted by Gasteiger charge is -1.82. The summed E-state index contributed by atoms with van der Waals surface area (Å²) >= 11 is 0. The van der Waals surface area contributed by atoms with E-state index < -0.39 is 0 Å². The van der Waals surface area contributed by atoms with E-state index in [-0.39, 0.29) is 5.75 Å². The number of amides is 1. The number of carbonyl (C=O) groups excluding carboxylic acids is 1. The molecular formula is C7H10N2O2. The van der Waals surface area contributed by atoms with Crippen LogP contribution in [0, 0.1) is 0 Å². The minimum atomic E-state index is 0.259. The van der Waals surface area contributed by atoms with Crippen molar-refractivity contribution < 1.29 is 9.90 Å². The first-order chi connectivity index (χ1) is 5.31. The lowest BCUT2D eigenvalue weighted by atomic mass is 10.5. The largest absolute Gasteiger partial charge is 0.508 e. The van der Waals surface area contributed by atoms with Crippen molar-refractivity contribution in [1.82, 2.24) is 10.3 Å². The average molecular weight is 154 g/mol. The standard InChI is InChI=1S/C5H5NO.C2H5NO/c7-5-1-3-6-4-2-5;1-3-2-4/h1-4H,(H,6,7);2H,1H3,(H,3,4). The molecule has 1 aromatic heterocycles. The first-order valence-electron chi connectivity index (χ1n) is 3.01. The van der Waals surface area contributed by atoms with Crippen molar-refractivity contribution in [3.63, 3.8) is 0 Å². The summed E-state index contributed by atoms with van der Waals surface area (Å²) < 4.78 is 0. The maximum Gasteiger partial charge on any atom is 0.206 e. The summed E-state index contributed by atoms with van der Waals surface area (Å²) in [4.78, 5) is 12.7. The number of aromatic nitrogens is 1. The van der Waals surface area contributed by atoms with Crippen LogP contribution in [0.15, 0.2) is 24.5 Å². The van der Waals surface area contributed by atoms with Crippen LogP contribution in [0.4, 0.5) is 0 Å². The Morgan fingerprint density at radius 1 is 1.55 bits per heavy atom. The Labute approximate surface area is 64.9 Å². The molecule has 1 aromatic rings. The monoisotopic (exact) mass is 154 g/mol. The van der Waals surface area contributed by atoms with Gasteiger partial charge in [0.05, 0.1) is 0 Å². The first-order valence-corrected chi connectivity index (χ1v) is 3.01. The zero-order chi connectivity index (χ0) is 8.53. The number of pyridine rings is 1. The number of aromatic hydroxyl groups is 1. The van der Waals surface area contributed by atoms with Crippen LogP contribution in [0.2, 0.25) is 0 Å². The fourth-order valence-corrected chi connectivity index (χ4v) is 0.344. The van der Waals surface area contributed by atoms with Crippen LogP contribution in [-0.4, -0.2) is 23.5 Å². The number of hydrogen-bond donors (Lipinski definition) is 2. The Balaban J connectivity index is 0.000000218. The molecule has 0 atom stereocenters. The minimum absolute atomic E-state index is 0.259. The molecule has 60 valence electrons. The Kier molecular flexibility index (Phi) is 5.60. The normalized spacial score (nSPS) is 7.36. The number of nitrogens with one attached hydrogen (secondary N) is 1. The van der Waals surface area contributed by atoms with Gasteiger partial charge in [-0.2, -0.15) is 0 Å². The quantitative estimate of drug-likeness (QED) is 0.566. The summed E-state index contributed by atoms with van der Waals surface area (Å²) in [7, 11) is 1.56. The molecule has 4 nitrogen and oxygen atoms in total. The number of rotatable bonds is 1. The average Bonchev–Trinajstić information content (AvgIpc) is 2.07. The summed E-state index contributed by atoms with van der Waals surface area (Å²) in [6.45, 7) is 0. The third-order valence-electron chi connectivity index (χ3n) is 0.781. The zero-order valence-corrected chi connectivity index (χ0v) is 6.19. The van der Waals surface area contributed by atoms with Crippen molar-refractivity contribution in [2.45, 2.75) is 0 Å². The predicted octanol–water partition coefficient (Wildman–Crippen LogP) is 0.149. The Bertz CT molecular complexity index is 189. The second-order valence-corrected chi connectivity index (χ2v) is 1.61. The van der Waals surface area contributed by atoms with Gasteiger partial charge in [-0.3, -0.25) is 9.78 Å². The van der Waals surface area contributed by atoms with Gasteiger partial charge < -0.3 is 10.4 Å². The molecule has 0 radical (unpaired) electrons. The van der Waals surface area contributed by atoms with E-state index in [1.54, 1.807) is 7.05 Å². The number of carbonyl (C=O) groups is 1. The summed E-state index contributed by atoms with van der Waals surface area (Å²) in [6.07, 6.45) is 3.70. The van der Waals surface area contributed by atoms with E-state index in [1.165, 1.54) is 24.5 Å². The first kappa shape index (κ1) is 9.42. The molecule has 4 heteroatoms. The maximum atomic E-state index is 9.06. The van der Waals surface area contributed by atoms with Gasteiger partial charge in [0.15, 0.2) is 0 Å². The molecule has 0 bridgehead atoms. The highest BCUT2D eigenvalue weighted by Crippen LogP contribution is 2.00. The summed E-state index contributed by atoms with van der Waals surface area (Å²) in [5, 5.41) is 10.8. The van der Waals surface area contributed by atoms with Gasteiger partial charge in [0.1, 0.15) is 5.75 Å². The summed E-state index contributed by atoms with van der Waals surface area (Å²) in [5.41, 5.74) is 0. The minimum Gasteiger partial charge on any atom is -0.508 e. The molecule has 2 N–H and O–H groups in total. The molecular weight excluding hydrogens is 144 g/mol. The highest BCUT2D eigenvalue weighted by atomic mass is 16.3. The van der Waals surface area contributed by atoms with Gasteiger partial charge in [0, 0.05) is 19.4 Å². The molecule has 0 spiro atoms. The Morgan fingerprint density at radius 2 is 2.00 bits per heavy atom. The Hall–Kier alpha value is -1.58. The highest BCUT2D eigenvalue weighted by molar-refractivity contribution is 5.44. The van der Waals surface area contributed by atoms with Crippen LogP contribution in [-0.2, 0) is 4.79 Å². The molecule has 0 aromatic carbocycles. The molecule has 0 unspecified atom stereocenters. The van der Waals surface area contributed by atoms with Crippen molar-refractivity contribution in [1.29, 1.82) is 0 Å². The summed E-state index contributed by atoms with van der Waals surface area (Å²) in [6, 6.07) is 3.06. The number of nitrogens with zero attached hydrogens (tertiary/aromatic N) is 1. The summed E-state index contributed by atoms with van der Waals surface area (Å²) in [5.74, 6) is 0.259. The third kappa shape index (κ3) is 6.30. The van der Waals surface area contributed by atoms with Crippen LogP contribution >= 0.6 is 0 Å². The van der Waals surface area contributed by atoms with Gasteiger partial charge >= 0.3 is 0 Å². The van der Waals surface area contributed by atoms with Crippen molar-refractivity contribution >= 4 is 6.41 Å². The topological polar surface area (TPSA) is 62.2 Å². The molecule has 0 aliphatic heterocycles. The van der Waals surface area contributed by atoms with Gasteiger partial charge in [-0.1, -0.05) is 0 Å². The van der Waals surface area contributed by atoms with E-state index >= 15 is 0 Å². The van der Waals surface area contributed by atoms with Crippen molar-refractivity contribution in [3.05, 3.63) is 24.5 Å². The van der Waals surface area contributed by atoms with E-state index in [2.05, 4.69) is 10.3 Å². The van der Waals surface area contributed by atoms with Gasteiger partial charge in [0.2, 0.25) is 6.41 Å². The van der Waals surface area contributed by atoms with Crippen molar-refractivity contribution in [3.8, 4) is 5.75 Å². The van der Waals surface area contributed by atoms with E-state index in [0.29, 0.717) is 6.41 Å².